The molecule has 19 heavy (non-hydrogen) atoms. The van der Waals surface area contributed by atoms with Gasteiger partial charge in [0.15, 0.2) is 0 Å². The smallest absolute Gasteiger partial charge is 0.0587 e. The van der Waals surface area contributed by atoms with Gasteiger partial charge in [-0.15, -0.1) is 0 Å². The third-order valence-corrected chi connectivity index (χ3v) is 4.38. The largest absolute Gasteiger partial charge is 0.395 e. The van der Waals surface area contributed by atoms with Crippen LogP contribution in [0.2, 0.25) is 0 Å². The van der Waals surface area contributed by atoms with Crippen LogP contribution in [0.1, 0.15) is 44.6 Å². The average molecular weight is 261 g/mol. The molecule has 2 N–H and O–H groups in total. The van der Waals surface area contributed by atoms with E-state index < -0.39 is 0 Å². The van der Waals surface area contributed by atoms with E-state index in [1.807, 2.05) is 6.07 Å². The number of rotatable bonds is 6. The normalized spacial score (nSPS) is 25.2. The molecular formula is C17H27NO. The maximum absolute atomic E-state index is 9.58. The van der Waals surface area contributed by atoms with E-state index in [0.717, 1.165) is 12.3 Å². The molecular weight excluding hydrogens is 234 g/mol. The maximum Gasteiger partial charge on any atom is 0.0587 e. The predicted molar refractivity (Wildman–Crippen MR) is 80.2 cm³/mol. The molecule has 1 fully saturated rings. The van der Waals surface area contributed by atoms with E-state index >= 15 is 0 Å². The second kappa shape index (κ2) is 7.66. The van der Waals surface area contributed by atoms with E-state index in [0.29, 0.717) is 6.04 Å². The molecule has 0 amide bonds. The third-order valence-electron chi connectivity index (χ3n) is 4.38. The average Bonchev–Trinajstić information content (AvgIpc) is 2.48. The topological polar surface area (TPSA) is 32.3 Å². The molecule has 0 aromatic heterocycles. The van der Waals surface area contributed by atoms with Crippen molar-refractivity contribution in [1.82, 2.24) is 5.32 Å². The summed E-state index contributed by atoms with van der Waals surface area (Å²) in [6.45, 7) is 2.52. The van der Waals surface area contributed by atoms with E-state index in [-0.39, 0.29) is 12.6 Å². The van der Waals surface area contributed by atoms with Gasteiger partial charge in [-0.05, 0) is 30.7 Å². The molecule has 0 radical (unpaired) electrons. The summed E-state index contributed by atoms with van der Waals surface area (Å²) in [7, 11) is 0. The van der Waals surface area contributed by atoms with Crippen molar-refractivity contribution in [2.75, 3.05) is 6.61 Å². The SMILES string of the molecule is CCC1CCCC(NC(CO)Cc2ccccc2)C1. The van der Waals surface area contributed by atoms with Crippen molar-refractivity contribution in [2.45, 2.75) is 57.5 Å². The lowest BCUT2D eigenvalue weighted by atomic mass is 9.84. The van der Waals surface area contributed by atoms with Gasteiger partial charge in [-0.3, -0.25) is 0 Å². The van der Waals surface area contributed by atoms with Crippen LogP contribution in [0.15, 0.2) is 30.3 Å². The van der Waals surface area contributed by atoms with Crippen LogP contribution < -0.4 is 5.32 Å². The van der Waals surface area contributed by atoms with Gasteiger partial charge >= 0.3 is 0 Å². The zero-order valence-electron chi connectivity index (χ0n) is 12.0. The highest BCUT2D eigenvalue weighted by Gasteiger charge is 2.22. The van der Waals surface area contributed by atoms with Crippen LogP contribution in [-0.4, -0.2) is 23.8 Å². The molecule has 3 atom stereocenters. The Kier molecular flexibility index (Phi) is 5.87. The van der Waals surface area contributed by atoms with Gasteiger partial charge in [0.05, 0.1) is 6.61 Å². The van der Waals surface area contributed by atoms with Crippen LogP contribution in [0.5, 0.6) is 0 Å². The van der Waals surface area contributed by atoms with Crippen molar-refractivity contribution in [1.29, 1.82) is 0 Å². The standard InChI is InChI=1S/C17H27NO/c1-2-14-9-6-10-16(11-14)18-17(13-19)12-15-7-4-3-5-8-15/h3-5,7-8,14,16-19H,2,6,9-13H2,1H3. The van der Waals surface area contributed by atoms with Crippen LogP contribution in [-0.2, 0) is 6.42 Å². The van der Waals surface area contributed by atoms with E-state index in [1.54, 1.807) is 0 Å². The highest BCUT2D eigenvalue weighted by molar-refractivity contribution is 5.16. The molecule has 1 aromatic carbocycles. The lowest BCUT2D eigenvalue weighted by molar-refractivity contribution is 0.201. The third kappa shape index (κ3) is 4.63. The van der Waals surface area contributed by atoms with E-state index in [4.69, 9.17) is 0 Å². The first-order valence-electron chi connectivity index (χ1n) is 7.72. The van der Waals surface area contributed by atoms with Crippen molar-refractivity contribution in [3.05, 3.63) is 35.9 Å². The Morgan fingerprint density at radius 1 is 1.26 bits per heavy atom. The fourth-order valence-electron chi connectivity index (χ4n) is 3.22. The Balaban J connectivity index is 1.85. The molecule has 2 rings (SSSR count). The summed E-state index contributed by atoms with van der Waals surface area (Å²) in [5.74, 6) is 0.877. The summed E-state index contributed by atoms with van der Waals surface area (Å²) in [6, 6.07) is 11.2. The first-order chi connectivity index (χ1) is 9.31. The van der Waals surface area contributed by atoms with Crippen molar-refractivity contribution < 1.29 is 5.11 Å². The fourth-order valence-corrected chi connectivity index (χ4v) is 3.22. The fraction of sp³-hybridized carbons (Fsp3) is 0.647. The number of benzene rings is 1. The Morgan fingerprint density at radius 3 is 2.74 bits per heavy atom. The molecule has 106 valence electrons. The van der Waals surface area contributed by atoms with Crippen LogP contribution in [0, 0.1) is 5.92 Å². The van der Waals surface area contributed by atoms with Gasteiger partial charge in [-0.1, -0.05) is 56.5 Å². The lowest BCUT2D eigenvalue weighted by Crippen LogP contribution is -2.44. The Hall–Kier alpha value is -0.860. The molecule has 2 nitrogen and oxygen atoms in total. The predicted octanol–water partition coefficient (Wildman–Crippen LogP) is 3.15. The van der Waals surface area contributed by atoms with Gasteiger partial charge in [0.25, 0.3) is 0 Å². The van der Waals surface area contributed by atoms with Crippen LogP contribution in [0.25, 0.3) is 0 Å². The van der Waals surface area contributed by atoms with Gasteiger partial charge in [-0.2, -0.15) is 0 Å². The van der Waals surface area contributed by atoms with E-state index in [9.17, 15) is 5.11 Å². The number of aliphatic hydroxyl groups is 1. The Bertz CT molecular complexity index is 352. The molecule has 0 aliphatic heterocycles. The minimum Gasteiger partial charge on any atom is -0.395 e. The van der Waals surface area contributed by atoms with Gasteiger partial charge in [0.1, 0.15) is 0 Å². The second-order valence-corrected chi connectivity index (χ2v) is 5.87. The summed E-state index contributed by atoms with van der Waals surface area (Å²) in [6.07, 6.45) is 7.48. The zero-order valence-corrected chi connectivity index (χ0v) is 12.0. The number of nitrogens with one attached hydrogen (secondary N) is 1. The lowest BCUT2D eigenvalue weighted by Gasteiger charge is -2.32. The van der Waals surface area contributed by atoms with Gasteiger partial charge < -0.3 is 10.4 Å². The van der Waals surface area contributed by atoms with Crippen LogP contribution in [0.3, 0.4) is 0 Å². The Labute approximate surface area is 117 Å². The molecule has 1 aromatic rings. The minimum absolute atomic E-state index is 0.197. The van der Waals surface area contributed by atoms with Crippen molar-refractivity contribution >= 4 is 0 Å². The molecule has 0 spiro atoms. The van der Waals surface area contributed by atoms with Crippen molar-refractivity contribution in [2.24, 2.45) is 5.92 Å². The molecule has 2 heteroatoms. The van der Waals surface area contributed by atoms with Crippen molar-refractivity contribution in [3.63, 3.8) is 0 Å². The van der Waals surface area contributed by atoms with E-state index in [2.05, 4.69) is 36.5 Å². The quantitative estimate of drug-likeness (QED) is 0.824. The summed E-state index contributed by atoms with van der Waals surface area (Å²) >= 11 is 0. The van der Waals surface area contributed by atoms with Crippen LogP contribution in [0.4, 0.5) is 0 Å². The second-order valence-electron chi connectivity index (χ2n) is 5.87. The highest BCUT2D eigenvalue weighted by Crippen LogP contribution is 2.26. The van der Waals surface area contributed by atoms with E-state index in [1.165, 1.54) is 37.7 Å². The number of aliphatic hydroxyl groups excluding tert-OH is 1. The monoisotopic (exact) mass is 261 g/mol. The molecule has 3 unspecified atom stereocenters. The maximum atomic E-state index is 9.58. The van der Waals surface area contributed by atoms with Crippen LogP contribution >= 0.6 is 0 Å². The summed E-state index contributed by atoms with van der Waals surface area (Å²) in [4.78, 5) is 0. The van der Waals surface area contributed by atoms with Crippen molar-refractivity contribution in [3.8, 4) is 0 Å². The zero-order chi connectivity index (χ0) is 13.5. The van der Waals surface area contributed by atoms with Gasteiger partial charge in [0.2, 0.25) is 0 Å². The molecule has 0 bridgehead atoms. The number of hydrogen-bond acceptors (Lipinski definition) is 2. The first kappa shape index (κ1) is 14.5. The first-order valence-corrected chi connectivity index (χ1v) is 7.72. The number of hydrogen-bond donors (Lipinski definition) is 2. The van der Waals surface area contributed by atoms with Gasteiger partial charge in [0, 0.05) is 12.1 Å². The Morgan fingerprint density at radius 2 is 2.05 bits per heavy atom. The van der Waals surface area contributed by atoms with Gasteiger partial charge in [-0.25, -0.2) is 0 Å². The minimum atomic E-state index is 0.197. The highest BCUT2D eigenvalue weighted by atomic mass is 16.3. The molecule has 1 aliphatic rings. The molecule has 1 saturated carbocycles. The summed E-state index contributed by atoms with van der Waals surface area (Å²) in [5, 5.41) is 13.2. The summed E-state index contributed by atoms with van der Waals surface area (Å²) in [5.41, 5.74) is 1.30. The summed E-state index contributed by atoms with van der Waals surface area (Å²) < 4.78 is 0. The molecule has 1 aliphatic carbocycles. The molecule has 0 heterocycles. The molecule has 0 saturated heterocycles.